The summed E-state index contributed by atoms with van der Waals surface area (Å²) in [4.78, 5) is 30.5. The van der Waals surface area contributed by atoms with E-state index in [-0.39, 0.29) is 12.5 Å². The molecule has 0 radical (unpaired) electrons. The zero-order chi connectivity index (χ0) is 13.8. The first-order chi connectivity index (χ1) is 9.06. The summed E-state index contributed by atoms with van der Waals surface area (Å²) >= 11 is 0. The highest BCUT2D eigenvalue weighted by Gasteiger charge is 2.23. The molecule has 0 aliphatic carbocycles. The minimum absolute atomic E-state index is 0.0358. The summed E-state index contributed by atoms with van der Waals surface area (Å²) < 4.78 is 0. The molecule has 2 heterocycles. The molecule has 1 amide bonds. The Kier molecular flexibility index (Phi) is 4.11. The molecule has 19 heavy (non-hydrogen) atoms. The van der Waals surface area contributed by atoms with E-state index in [9.17, 15) is 9.59 Å². The van der Waals surface area contributed by atoms with Crippen molar-refractivity contribution in [2.45, 2.75) is 6.92 Å². The molecule has 1 fully saturated rings. The quantitative estimate of drug-likeness (QED) is 0.845. The Morgan fingerprint density at radius 2 is 1.95 bits per heavy atom. The predicted molar refractivity (Wildman–Crippen MR) is 69.0 cm³/mol. The number of aliphatic carboxylic acids is 1. The van der Waals surface area contributed by atoms with Crippen LogP contribution in [-0.4, -0.2) is 64.5 Å². The Labute approximate surface area is 111 Å². The number of hydrogen-bond acceptors (Lipinski definition) is 4. The number of carboxylic acids is 1. The molecular formula is C13H17N3O3. The van der Waals surface area contributed by atoms with E-state index < -0.39 is 5.97 Å². The van der Waals surface area contributed by atoms with Crippen molar-refractivity contribution in [2.75, 3.05) is 32.7 Å². The zero-order valence-electron chi connectivity index (χ0n) is 10.9. The summed E-state index contributed by atoms with van der Waals surface area (Å²) in [5, 5.41) is 8.71. The molecule has 0 atom stereocenters. The number of carbonyl (C=O) groups excluding carboxylic acids is 1. The summed E-state index contributed by atoms with van der Waals surface area (Å²) in [6.07, 6.45) is 1.58. The molecule has 0 unspecified atom stereocenters. The average Bonchev–Trinajstić information content (AvgIpc) is 2.39. The second kappa shape index (κ2) is 5.79. The SMILES string of the molecule is Cc1ccc(C(=O)N2CCN(CC(=O)O)CC2)cn1. The van der Waals surface area contributed by atoms with Crippen molar-refractivity contribution in [3.05, 3.63) is 29.6 Å². The number of piperazine rings is 1. The fourth-order valence-corrected chi connectivity index (χ4v) is 2.08. The molecule has 1 aliphatic rings. The monoisotopic (exact) mass is 263 g/mol. The van der Waals surface area contributed by atoms with Crippen LogP contribution in [-0.2, 0) is 4.79 Å². The van der Waals surface area contributed by atoms with Gasteiger partial charge in [-0.3, -0.25) is 19.5 Å². The Hall–Kier alpha value is -1.95. The Balaban J connectivity index is 1.92. The van der Waals surface area contributed by atoms with E-state index in [1.54, 1.807) is 17.2 Å². The van der Waals surface area contributed by atoms with Crippen LogP contribution in [0.3, 0.4) is 0 Å². The lowest BCUT2D eigenvalue weighted by Gasteiger charge is -2.33. The molecule has 1 N–H and O–H groups in total. The van der Waals surface area contributed by atoms with Gasteiger partial charge in [0.05, 0.1) is 12.1 Å². The number of carboxylic acid groups (broad SMARTS) is 1. The maximum absolute atomic E-state index is 12.2. The van der Waals surface area contributed by atoms with Gasteiger partial charge in [0.25, 0.3) is 5.91 Å². The highest BCUT2D eigenvalue weighted by Crippen LogP contribution is 2.08. The number of amides is 1. The van der Waals surface area contributed by atoms with Gasteiger partial charge in [0.2, 0.25) is 0 Å². The van der Waals surface area contributed by atoms with Crippen LogP contribution < -0.4 is 0 Å². The van der Waals surface area contributed by atoms with Crippen LogP contribution in [0.25, 0.3) is 0 Å². The van der Waals surface area contributed by atoms with E-state index in [4.69, 9.17) is 5.11 Å². The minimum atomic E-state index is -0.831. The van der Waals surface area contributed by atoms with E-state index in [0.29, 0.717) is 31.7 Å². The molecule has 2 rings (SSSR count). The van der Waals surface area contributed by atoms with Crippen LogP contribution in [0, 0.1) is 6.92 Å². The van der Waals surface area contributed by atoms with Crippen LogP contribution in [0.15, 0.2) is 18.3 Å². The topological polar surface area (TPSA) is 73.7 Å². The van der Waals surface area contributed by atoms with Gasteiger partial charge in [0, 0.05) is 38.1 Å². The summed E-state index contributed by atoms with van der Waals surface area (Å²) in [6, 6.07) is 3.59. The van der Waals surface area contributed by atoms with Crippen LogP contribution in [0.4, 0.5) is 0 Å². The molecule has 0 aromatic carbocycles. The lowest BCUT2D eigenvalue weighted by Crippen LogP contribution is -2.49. The summed E-state index contributed by atoms with van der Waals surface area (Å²) in [7, 11) is 0. The first-order valence-electron chi connectivity index (χ1n) is 6.22. The predicted octanol–water partition coefficient (Wildman–Crippen LogP) is 0.232. The standard InChI is InChI=1S/C13H17N3O3/c1-10-2-3-11(8-14-10)13(19)16-6-4-15(5-7-16)9-12(17)18/h2-3,8H,4-7,9H2,1H3,(H,17,18). The minimum Gasteiger partial charge on any atom is -0.480 e. The average molecular weight is 263 g/mol. The molecule has 0 bridgehead atoms. The van der Waals surface area contributed by atoms with Crippen LogP contribution in [0.1, 0.15) is 16.1 Å². The lowest BCUT2D eigenvalue weighted by molar-refractivity contribution is -0.138. The molecule has 102 valence electrons. The first-order valence-corrected chi connectivity index (χ1v) is 6.22. The summed E-state index contributed by atoms with van der Waals surface area (Å²) in [5.41, 5.74) is 1.46. The molecule has 0 spiro atoms. The van der Waals surface area contributed by atoms with E-state index in [0.717, 1.165) is 5.69 Å². The normalized spacial score (nSPS) is 16.4. The maximum Gasteiger partial charge on any atom is 0.317 e. The molecule has 6 heteroatoms. The number of aromatic nitrogens is 1. The second-order valence-electron chi connectivity index (χ2n) is 4.65. The third-order valence-electron chi connectivity index (χ3n) is 3.18. The number of nitrogens with zero attached hydrogens (tertiary/aromatic N) is 3. The van der Waals surface area contributed by atoms with Gasteiger partial charge in [-0.1, -0.05) is 0 Å². The van der Waals surface area contributed by atoms with Gasteiger partial charge in [0.1, 0.15) is 0 Å². The van der Waals surface area contributed by atoms with Gasteiger partial charge in [-0.15, -0.1) is 0 Å². The molecule has 6 nitrogen and oxygen atoms in total. The largest absolute Gasteiger partial charge is 0.480 e. The molecular weight excluding hydrogens is 246 g/mol. The van der Waals surface area contributed by atoms with Gasteiger partial charge in [-0.05, 0) is 19.1 Å². The lowest BCUT2D eigenvalue weighted by atomic mass is 10.2. The smallest absolute Gasteiger partial charge is 0.317 e. The van der Waals surface area contributed by atoms with Crippen molar-refractivity contribution in [1.82, 2.24) is 14.8 Å². The van der Waals surface area contributed by atoms with Crippen molar-refractivity contribution in [2.24, 2.45) is 0 Å². The number of rotatable bonds is 3. The van der Waals surface area contributed by atoms with E-state index >= 15 is 0 Å². The van der Waals surface area contributed by atoms with E-state index in [1.165, 1.54) is 0 Å². The van der Waals surface area contributed by atoms with Gasteiger partial charge < -0.3 is 10.0 Å². The molecule has 1 saturated heterocycles. The van der Waals surface area contributed by atoms with E-state index in [2.05, 4.69) is 4.98 Å². The number of pyridine rings is 1. The van der Waals surface area contributed by atoms with Crippen LogP contribution in [0.5, 0.6) is 0 Å². The fraction of sp³-hybridized carbons (Fsp3) is 0.462. The van der Waals surface area contributed by atoms with Gasteiger partial charge in [-0.25, -0.2) is 0 Å². The summed E-state index contributed by atoms with van der Waals surface area (Å²) in [5.74, 6) is -0.870. The third kappa shape index (κ3) is 3.51. The van der Waals surface area contributed by atoms with Crippen LogP contribution >= 0.6 is 0 Å². The van der Waals surface area contributed by atoms with Crippen molar-refractivity contribution in [3.63, 3.8) is 0 Å². The van der Waals surface area contributed by atoms with Crippen molar-refractivity contribution >= 4 is 11.9 Å². The molecule has 1 aromatic rings. The van der Waals surface area contributed by atoms with Crippen LogP contribution in [0.2, 0.25) is 0 Å². The highest BCUT2D eigenvalue weighted by molar-refractivity contribution is 5.94. The zero-order valence-corrected chi connectivity index (χ0v) is 10.9. The van der Waals surface area contributed by atoms with Crippen molar-refractivity contribution in [3.8, 4) is 0 Å². The summed E-state index contributed by atoms with van der Waals surface area (Å²) in [6.45, 7) is 4.21. The van der Waals surface area contributed by atoms with Gasteiger partial charge in [0.15, 0.2) is 0 Å². The Morgan fingerprint density at radius 3 is 2.47 bits per heavy atom. The second-order valence-corrected chi connectivity index (χ2v) is 4.65. The van der Waals surface area contributed by atoms with Crippen molar-refractivity contribution in [1.29, 1.82) is 0 Å². The Morgan fingerprint density at radius 1 is 1.26 bits per heavy atom. The Bertz CT molecular complexity index is 465. The first kappa shape index (κ1) is 13.5. The number of carbonyl (C=O) groups is 2. The molecule has 0 saturated carbocycles. The number of hydrogen-bond donors (Lipinski definition) is 1. The van der Waals surface area contributed by atoms with Gasteiger partial charge >= 0.3 is 5.97 Å². The molecule has 1 aliphatic heterocycles. The third-order valence-corrected chi connectivity index (χ3v) is 3.18. The van der Waals surface area contributed by atoms with Crippen molar-refractivity contribution < 1.29 is 14.7 Å². The van der Waals surface area contributed by atoms with Gasteiger partial charge in [-0.2, -0.15) is 0 Å². The van der Waals surface area contributed by atoms with E-state index in [1.807, 2.05) is 17.9 Å². The maximum atomic E-state index is 12.2. The highest BCUT2D eigenvalue weighted by atomic mass is 16.4. The fourth-order valence-electron chi connectivity index (χ4n) is 2.08. The number of aryl methyl sites for hydroxylation is 1. The molecule has 1 aromatic heterocycles.